The number of hydrogen-bond acceptors (Lipinski definition) is 4. The van der Waals surface area contributed by atoms with Crippen LogP contribution in [0.15, 0.2) is 4.42 Å². The van der Waals surface area contributed by atoms with Gasteiger partial charge < -0.3 is 14.5 Å². The Balaban J connectivity index is 2.50. The molecule has 1 aromatic rings. The number of aryl methyl sites for hydroxylation is 2. The van der Waals surface area contributed by atoms with Gasteiger partial charge in [-0.15, -0.1) is 0 Å². The molecule has 5 nitrogen and oxygen atoms in total. The third kappa shape index (κ3) is 4.12. The van der Waals surface area contributed by atoms with Crippen LogP contribution in [0.5, 0.6) is 0 Å². The number of carbonyl (C=O) groups excluding carboxylic acids is 2. The van der Waals surface area contributed by atoms with Gasteiger partial charge in [0.25, 0.3) is 5.91 Å². The van der Waals surface area contributed by atoms with Gasteiger partial charge in [-0.05, 0) is 34.6 Å². The number of hydrogen-bond donors (Lipinski definition) is 1. The van der Waals surface area contributed by atoms with E-state index in [0.717, 1.165) is 11.3 Å². The molecular weight excluding hydrogens is 246 g/mol. The van der Waals surface area contributed by atoms with Gasteiger partial charge in [-0.25, -0.2) is 0 Å². The van der Waals surface area contributed by atoms with Crippen molar-refractivity contribution in [3.63, 3.8) is 0 Å². The molecule has 0 unspecified atom stereocenters. The van der Waals surface area contributed by atoms with Crippen molar-refractivity contribution in [2.24, 2.45) is 0 Å². The number of amides is 1. The monoisotopic (exact) mass is 267 g/mol. The van der Waals surface area contributed by atoms with Crippen LogP contribution < -0.4 is 5.32 Å². The molecule has 1 aromatic heterocycles. The molecule has 106 valence electrons. The van der Waals surface area contributed by atoms with Crippen LogP contribution in [0.4, 0.5) is 0 Å². The first-order valence-electron chi connectivity index (χ1n) is 6.37. The van der Waals surface area contributed by atoms with Gasteiger partial charge in [0, 0.05) is 12.1 Å². The first kappa shape index (κ1) is 15.3. The minimum absolute atomic E-state index is 0.135. The maximum atomic E-state index is 12.0. The van der Waals surface area contributed by atoms with Crippen molar-refractivity contribution in [2.75, 3.05) is 6.54 Å². The normalized spacial score (nSPS) is 10.6. The predicted octanol–water partition coefficient (Wildman–Crippen LogP) is 2.28. The van der Waals surface area contributed by atoms with Crippen LogP contribution in [-0.4, -0.2) is 24.5 Å². The summed E-state index contributed by atoms with van der Waals surface area (Å²) in [6.45, 7) is 9.25. The highest BCUT2D eigenvalue weighted by Gasteiger charge is 2.18. The van der Waals surface area contributed by atoms with Crippen molar-refractivity contribution in [1.82, 2.24) is 5.32 Å². The summed E-state index contributed by atoms with van der Waals surface area (Å²) in [5, 5.41) is 2.70. The lowest BCUT2D eigenvalue weighted by Gasteiger charge is -2.08. The van der Waals surface area contributed by atoms with Gasteiger partial charge in [0.05, 0.1) is 18.1 Å². The lowest BCUT2D eigenvalue weighted by atomic mass is 10.1. The second-order valence-electron chi connectivity index (χ2n) is 4.76. The first-order valence-corrected chi connectivity index (χ1v) is 6.37. The summed E-state index contributed by atoms with van der Waals surface area (Å²) >= 11 is 0. The summed E-state index contributed by atoms with van der Waals surface area (Å²) in [5.74, 6) is 0.801. The van der Waals surface area contributed by atoms with E-state index in [1.807, 2.05) is 13.8 Å². The first-order chi connectivity index (χ1) is 8.82. The van der Waals surface area contributed by atoms with Crippen molar-refractivity contribution in [2.45, 2.75) is 47.1 Å². The van der Waals surface area contributed by atoms with E-state index >= 15 is 0 Å². The van der Waals surface area contributed by atoms with E-state index in [0.29, 0.717) is 11.3 Å². The quantitative estimate of drug-likeness (QED) is 0.831. The molecule has 1 amide bonds. The molecule has 1 heterocycles. The number of nitrogens with one attached hydrogen (secondary N) is 1. The summed E-state index contributed by atoms with van der Waals surface area (Å²) in [5.41, 5.74) is 1.38. The maximum absolute atomic E-state index is 12.0. The molecule has 0 radical (unpaired) electrons. The van der Waals surface area contributed by atoms with Crippen LogP contribution in [0.2, 0.25) is 0 Å². The number of carbonyl (C=O) groups is 2. The molecule has 0 bridgehead atoms. The Kier molecular flexibility index (Phi) is 5.15. The Hall–Kier alpha value is -1.78. The Morgan fingerprint density at radius 3 is 2.32 bits per heavy atom. The minimum Gasteiger partial charge on any atom is -0.466 e. The van der Waals surface area contributed by atoms with Gasteiger partial charge in [0.1, 0.15) is 11.5 Å². The summed E-state index contributed by atoms with van der Waals surface area (Å²) in [7, 11) is 0. The van der Waals surface area contributed by atoms with Gasteiger partial charge in [0.15, 0.2) is 0 Å². The molecule has 19 heavy (non-hydrogen) atoms. The number of furan rings is 1. The number of ether oxygens (including phenoxy) is 1. The van der Waals surface area contributed by atoms with Gasteiger partial charge in [0.2, 0.25) is 0 Å². The maximum Gasteiger partial charge on any atom is 0.307 e. The van der Waals surface area contributed by atoms with E-state index in [-0.39, 0.29) is 30.9 Å². The average molecular weight is 267 g/mol. The smallest absolute Gasteiger partial charge is 0.307 e. The molecule has 0 aromatic carbocycles. The Bertz CT molecular complexity index is 474. The molecule has 0 spiro atoms. The van der Waals surface area contributed by atoms with Crippen LogP contribution in [0.25, 0.3) is 0 Å². The van der Waals surface area contributed by atoms with Crippen molar-refractivity contribution < 1.29 is 18.7 Å². The molecule has 0 aliphatic heterocycles. The second kappa shape index (κ2) is 6.41. The number of rotatable bonds is 5. The standard InChI is InChI=1S/C14H21NO4/c1-8(2)18-12(16)6-7-15-14(17)13-9(3)10(4)19-11(13)5/h8H,6-7H2,1-5H3,(H,15,17). The van der Waals surface area contributed by atoms with Crippen molar-refractivity contribution in [3.05, 3.63) is 22.6 Å². The van der Waals surface area contributed by atoms with E-state index in [1.165, 1.54) is 0 Å². The van der Waals surface area contributed by atoms with Gasteiger partial charge in [-0.1, -0.05) is 0 Å². The van der Waals surface area contributed by atoms with Crippen molar-refractivity contribution in [1.29, 1.82) is 0 Å². The SMILES string of the molecule is Cc1oc(C)c(C(=O)NCCC(=O)OC(C)C)c1C. The topological polar surface area (TPSA) is 68.5 Å². The molecule has 0 saturated heterocycles. The van der Waals surface area contributed by atoms with E-state index < -0.39 is 0 Å². The van der Waals surface area contributed by atoms with Crippen molar-refractivity contribution in [3.8, 4) is 0 Å². The third-order valence-corrected chi connectivity index (χ3v) is 2.77. The highest BCUT2D eigenvalue weighted by atomic mass is 16.5. The Morgan fingerprint density at radius 2 is 1.84 bits per heavy atom. The van der Waals surface area contributed by atoms with E-state index in [9.17, 15) is 9.59 Å². The third-order valence-electron chi connectivity index (χ3n) is 2.77. The molecule has 5 heteroatoms. The number of esters is 1. The minimum atomic E-state index is -0.313. The van der Waals surface area contributed by atoms with Crippen LogP contribution in [0.3, 0.4) is 0 Å². The summed E-state index contributed by atoms with van der Waals surface area (Å²) in [6.07, 6.45) is 0.0305. The Morgan fingerprint density at radius 1 is 1.21 bits per heavy atom. The lowest BCUT2D eigenvalue weighted by Crippen LogP contribution is -2.27. The fourth-order valence-electron chi connectivity index (χ4n) is 1.82. The molecule has 0 saturated carbocycles. The molecule has 1 N–H and O–H groups in total. The zero-order valence-electron chi connectivity index (χ0n) is 12.1. The molecule has 0 atom stereocenters. The fraction of sp³-hybridized carbons (Fsp3) is 0.571. The average Bonchev–Trinajstić information content (AvgIpc) is 2.51. The lowest BCUT2D eigenvalue weighted by molar-refractivity contribution is -0.147. The van der Waals surface area contributed by atoms with E-state index in [2.05, 4.69) is 5.32 Å². The molecule has 0 aliphatic rings. The van der Waals surface area contributed by atoms with Gasteiger partial charge in [-0.3, -0.25) is 9.59 Å². The summed E-state index contributed by atoms with van der Waals surface area (Å²) < 4.78 is 10.4. The highest BCUT2D eigenvalue weighted by molar-refractivity contribution is 5.97. The van der Waals surface area contributed by atoms with Crippen molar-refractivity contribution >= 4 is 11.9 Å². The van der Waals surface area contributed by atoms with Gasteiger partial charge in [-0.2, -0.15) is 0 Å². The predicted molar refractivity (Wildman–Crippen MR) is 71.1 cm³/mol. The Labute approximate surface area is 113 Å². The second-order valence-corrected chi connectivity index (χ2v) is 4.76. The van der Waals surface area contributed by atoms with E-state index in [4.69, 9.17) is 9.15 Å². The van der Waals surface area contributed by atoms with Gasteiger partial charge >= 0.3 is 5.97 Å². The zero-order valence-corrected chi connectivity index (χ0v) is 12.1. The largest absolute Gasteiger partial charge is 0.466 e. The molecule has 0 fully saturated rings. The summed E-state index contributed by atoms with van der Waals surface area (Å²) in [4.78, 5) is 23.3. The van der Waals surface area contributed by atoms with Crippen LogP contribution >= 0.6 is 0 Å². The zero-order chi connectivity index (χ0) is 14.6. The fourth-order valence-corrected chi connectivity index (χ4v) is 1.82. The van der Waals surface area contributed by atoms with Crippen LogP contribution in [-0.2, 0) is 9.53 Å². The van der Waals surface area contributed by atoms with E-state index in [1.54, 1.807) is 20.8 Å². The van der Waals surface area contributed by atoms with Crippen LogP contribution in [0, 0.1) is 20.8 Å². The molecule has 0 aliphatic carbocycles. The summed E-state index contributed by atoms with van der Waals surface area (Å²) in [6, 6.07) is 0. The van der Waals surface area contributed by atoms with Crippen LogP contribution in [0.1, 0.15) is 47.7 Å². The molecular formula is C14H21NO4. The molecule has 1 rings (SSSR count). The highest BCUT2D eigenvalue weighted by Crippen LogP contribution is 2.20.